The maximum atomic E-state index is 5.95. The highest BCUT2D eigenvalue weighted by molar-refractivity contribution is 6.06. The van der Waals surface area contributed by atoms with Crippen molar-refractivity contribution in [2.45, 2.75) is 19.3 Å². The molecule has 0 aliphatic heterocycles. The Morgan fingerprint density at radius 3 is 2.24 bits per heavy atom. The van der Waals surface area contributed by atoms with E-state index in [9.17, 15) is 0 Å². The van der Waals surface area contributed by atoms with E-state index in [2.05, 4.69) is 85.9 Å². The molecule has 1 aromatic heterocycles. The van der Waals surface area contributed by atoms with Gasteiger partial charge in [-0.15, -0.1) is 0 Å². The van der Waals surface area contributed by atoms with Crippen molar-refractivity contribution < 1.29 is 4.42 Å². The summed E-state index contributed by atoms with van der Waals surface area (Å²) in [5.41, 5.74) is 9.51. The van der Waals surface area contributed by atoms with Crippen LogP contribution in [0.15, 0.2) is 89.3 Å². The third kappa shape index (κ3) is 2.35. The van der Waals surface area contributed by atoms with Crippen molar-refractivity contribution in [2.24, 2.45) is 0 Å². The highest BCUT2D eigenvalue weighted by Gasteiger charge is 2.34. The Balaban J connectivity index is 1.43. The third-order valence-corrected chi connectivity index (χ3v) is 6.25. The lowest BCUT2D eigenvalue weighted by atomic mass is 9.82. The van der Waals surface area contributed by atoms with E-state index in [1.165, 1.54) is 22.3 Å². The molecule has 2 nitrogen and oxygen atoms in total. The van der Waals surface area contributed by atoms with Gasteiger partial charge in [-0.1, -0.05) is 62.4 Å². The van der Waals surface area contributed by atoms with Gasteiger partial charge in [0.15, 0.2) is 0 Å². The van der Waals surface area contributed by atoms with Gasteiger partial charge in [0.1, 0.15) is 11.2 Å². The molecule has 1 aliphatic rings. The molecule has 5 aromatic rings. The summed E-state index contributed by atoms with van der Waals surface area (Å²) in [6.45, 7) is 4.62. The average molecular weight is 375 g/mol. The highest BCUT2D eigenvalue weighted by atomic mass is 16.3. The minimum atomic E-state index is 0.0407. The normalized spacial score (nSPS) is 14.1. The molecule has 0 fully saturated rings. The number of furan rings is 1. The van der Waals surface area contributed by atoms with Crippen LogP contribution in [0.3, 0.4) is 0 Å². The van der Waals surface area contributed by atoms with Gasteiger partial charge in [0.2, 0.25) is 0 Å². The summed E-state index contributed by atoms with van der Waals surface area (Å²) >= 11 is 0. The van der Waals surface area contributed by atoms with E-state index in [0.717, 1.165) is 33.3 Å². The minimum absolute atomic E-state index is 0.0407. The number of hydrogen-bond donors (Lipinski definition) is 1. The Morgan fingerprint density at radius 2 is 1.31 bits per heavy atom. The number of fused-ring (bicyclic) bond motifs is 6. The van der Waals surface area contributed by atoms with Crippen LogP contribution in [0.2, 0.25) is 0 Å². The number of nitrogens with one attached hydrogen (secondary N) is 1. The van der Waals surface area contributed by atoms with Gasteiger partial charge in [-0.05, 0) is 58.7 Å². The van der Waals surface area contributed by atoms with Gasteiger partial charge in [0.25, 0.3) is 0 Å². The number of benzene rings is 4. The highest BCUT2D eigenvalue weighted by Crippen LogP contribution is 2.49. The summed E-state index contributed by atoms with van der Waals surface area (Å²) in [6, 6.07) is 30.0. The fraction of sp³-hybridized carbons (Fsp3) is 0.111. The van der Waals surface area contributed by atoms with Gasteiger partial charge >= 0.3 is 0 Å². The van der Waals surface area contributed by atoms with Crippen LogP contribution in [0.1, 0.15) is 25.0 Å². The molecule has 0 radical (unpaired) electrons. The largest absolute Gasteiger partial charge is 0.456 e. The van der Waals surface area contributed by atoms with Crippen LogP contribution < -0.4 is 5.32 Å². The second kappa shape index (κ2) is 5.74. The Bertz CT molecular complexity index is 1410. The van der Waals surface area contributed by atoms with E-state index < -0.39 is 0 Å². The predicted octanol–water partition coefficient (Wildman–Crippen LogP) is 7.64. The number of hydrogen-bond acceptors (Lipinski definition) is 2. The molecule has 140 valence electrons. The molecule has 0 saturated carbocycles. The average Bonchev–Trinajstić information content (AvgIpc) is 3.21. The molecule has 1 aliphatic carbocycles. The monoisotopic (exact) mass is 375 g/mol. The van der Waals surface area contributed by atoms with Gasteiger partial charge in [-0.25, -0.2) is 0 Å². The molecule has 1 N–H and O–H groups in total. The molecule has 0 atom stereocenters. The second-order valence-electron chi connectivity index (χ2n) is 8.37. The van der Waals surface area contributed by atoms with Crippen LogP contribution in [0.25, 0.3) is 33.1 Å². The number of para-hydroxylation sites is 1. The van der Waals surface area contributed by atoms with E-state index >= 15 is 0 Å². The quantitative estimate of drug-likeness (QED) is 0.343. The van der Waals surface area contributed by atoms with E-state index in [0.29, 0.717) is 0 Å². The summed E-state index contributed by atoms with van der Waals surface area (Å²) in [7, 11) is 0. The van der Waals surface area contributed by atoms with Crippen LogP contribution >= 0.6 is 0 Å². The SMILES string of the molecule is CC1(C)c2ccccc2-c2cc(Nc3ccc4oc5ccccc5c4c3)ccc21. The Morgan fingerprint density at radius 1 is 0.621 bits per heavy atom. The third-order valence-electron chi connectivity index (χ3n) is 6.25. The van der Waals surface area contributed by atoms with Crippen LogP contribution in [0.5, 0.6) is 0 Å². The summed E-state index contributed by atoms with van der Waals surface area (Å²) in [5, 5.41) is 5.88. The Kier molecular flexibility index (Phi) is 3.25. The standard InChI is InChI=1S/C27H21NO/c1-27(2)23-9-5-3-7-19(23)21-15-17(11-13-24(21)27)28-18-12-14-26-22(16-18)20-8-4-6-10-25(20)29-26/h3-16,28H,1-2H3. The zero-order valence-electron chi connectivity index (χ0n) is 16.5. The van der Waals surface area contributed by atoms with Gasteiger partial charge in [-0.3, -0.25) is 0 Å². The summed E-state index contributed by atoms with van der Waals surface area (Å²) in [6.07, 6.45) is 0. The molecule has 0 spiro atoms. The predicted molar refractivity (Wildman–Crippen MR) is 121 cm³/mol. The first-order valence-electron chi connectivity index (χ1n) is 10.0. The van der Waals surface area contributed by atoms with Crippen molar-refractivity contribution in [3.05, 3.63) is 96.1 Å². The summed E-state index contributed by atoms with van der Waals surface area (Å²) < 4.78 is 5.95. The summed E-state index contributed by atoms with van der Waals surface area (Å²) in [4.78, 5) is 0. The van der Waals surface area contributed by atoms with Crippen molar-refractivity contribution in [3.8, 4) is 11.1 Å². The van der Waals surface area contributed by atoms with Gasteiger partial charge < -0.3 is 9.73 Å². The smallest absolute Gasteiger partial charge is 0.135 e. The summed E-state index contributed by atoms with van der Waals surface area (Å²) in [5.74, 6) is 0. The van der Waals surface area contributed by atoms with E-state index in [1.54, 1.807) is 0 Å². The minimum Gasteiger partial charge on any atom is -0.456 e. The van der Waals surface area contributed by atoms with Gasteiger partial charge in [0.05, 0.1) is 0 Å². The first-order chi connectivity index (χ1) is 14.1. The van der Waals surface area contributed by atoms with Gasteiger partial charge in [0, 0.05) is 27.6 Å². The molecule has 29 heavy (non-hydrogen) atoms. The maximum absolute atomic E-state index is 5.95. The molecule has 0 saturated heterocycles. The lowest BCUT2D eigenvalue weighted by Crippen LogP contribution is -2.14. The fourth-order valence-corrected chi connectivity index (χ4v) is 4.77. The molecule has 0 amide bonds. The molecular formula is C27H21NO. The lowest BCUT2D eigenvalue weighted by molar-refractivity contribution is 0.660. The lowest BCUT2D eigenvalue weighted by Gasteiger charge is -2.21. The van der Waals surface area contributed by atoms with Crippen molar-refractivity contribution in [1.82, 2.24) is 0 Å². The first kappa shape index (κ1) is 16.4. The second-order valence-corrected chi connectivity index (χ2v) is 8.37. The van der Waals surface area contributed by atoms with Crippen LogP contribution in [0, 0.1) is 0 Å². The first-order valence-corrected chi connectivity index (χ1v) is 10.0. The van der Waals surface area contributed by atoms with Gasteiger partial charge in [-0.2, -0.15) is 0 Å². The maximum Gasteiger partial charge on any atom is 0.135 e. The Hall–Kier alpha value is -3.52. The molecule has 0 unspecified atom stereocenters. The van der Waals surface area contributed by atoms with Crippen molar-refractivity contribution in [3.63, 3.8) is 0 Å². The van der Waals surface area contributed by atoms with Crippen molar-refractivity contribution in [2.75, 3.05) is 5.32 Å². The number of anilines is 2. The van der Waals surface area contributed by atoms with Crippen LogP contribution in [-0.2, 0) is 5.41 Å². The molecule has 0 bridgehead atoms. The van der Waals surface area contributed by atoms with Crippen LogP contribution in [-0.4, -0.2) is 0 Å². The topological polar surface area (TPSA) is 25.2 Å². The van der Waals surface area contributed by atoms with Crippen molar-refractivity contribution >= 4 is 33.3 Å². The molecule has 4 aromatic carbocycles. The van der Waals surface area contributed by atoms with E-state index in [1.807, 2.05) is 18.2 Å². The number of rotatable bonds is 2. The fourth-order valence-electron chi connectivity index (χ4n) is 4.77. The van der Waals surface area contributed by atoms with E-state index in [4.69, 9.17) is 4.42 Å². The van der Waals surface area contributed by atoms with Crippen molar-refractivity contribution in [1.29, 1.82) is 0 Å². The zero-order valence-corrected chi connectivity index (χ0v) is 16.5. The molecule has 6 rings (SSSR count). The van der Waals surface area contributed by atoms with Crippen LogP contribution in [0.4, 0.5) is 11.4 Å². The zero-order chi connectivity index (χ0) is 19.6. The molecule has 2 heteroatoms. The van der Waals surface area contributed by atoms with E-state index in [-0.39, 0.29) is 5.41 Å². The molecular weight excluding hydrogens is 354 g/mol. The Labute approximate surface area is 169 Å². The molecule has 1 heterocycles.